The highest BCUT2D eigenvalue weighted by atomic mass is 16.5. The number of rotatable bonds is 6. The summed E-state index contributed by atoms with van der Waals surface area (Å²) in [6, 6.07) is 1.79. The Morgan fingerprint density at radius 2 is 2.35 bits per heavy atom. The third-order valence-corrected chi connectivity index (χ3v) is 2.12. The third-order valence-electron chi connectivity index (χ3n) is 2.12. The molecule has 0 bridgehead atoms. The lowest BCUT2D eigenvalue weighted by molar-refractivity contribution is 0.305. The first-order valence-electron chi connectivity index (χ1n) is 5.55. The van der Waals surface area contributed by atoms with Gasteiger partial charge in [0.2, 0.25) is 5.88 Å². The van der Waals surface area contributed by atoms with E-state index >= 15 is 0 Å². The van der Waals surface area contributed by atoms with Crippen LogP contribution in [0.25, 0.3) is 0 Å². The molecule has 17 heavy (non-hydrogen) atoms. The molecule has 2 N–H and O–H groups in total. The highest BCUT2D eigenvalue weighted by Gasteiger charge is 2.00. The molecule has 0 saturated heterocycles. The Bertz CT molecular complexity index is 443. The molecule has 0 atom stereocenters. The van der Waals surface area contributed by atoms with Gasteiger partial charge in [0, 0.05) is 24.4 Å². The van der Waals surface area contributed by atoms with Crippen LogP contribution in [0.5, 0.6) is 5.88 Å². The first kappa shape index (κ1) is 11.4. The molecular weight excluding hydrogens is 218 g/mol. The first-order chi connectivity index (χ1) is 8.38. The second-order valence-corrected chi connectivity index (χ2v) is 3.55. The van der Waals surface area contributed by atoms with Gasteiger partial charge in [-0.2, -0.15) is 5.10 Å². The zero-order valence-corrected chi connectivity index (χ0v) is 9.68. The molecule has 0 spiro atoms. The summed E-state index contributed by atoms with van der Waals surface area (Å²) >= 11 is 0. The largest absolute Gasteiger partial charge is 0.478 e. The summed E-state index contributed by atoms with van der Waals surface area (Å²) in [5.41, 5.74) is 1.07. The van der Waals surface area contributed by atoms with Crippen LogP contribution < -0.4 is 10.1 Å². The zero-order chi connectivity index (χ0) is 11.9. The molecule has 6 heteroatoms. The maximum Gasteiger partial charge on any atom is 0.218 e. The first-order valence-corrected chi connectivity index (χ1v) is 5.55. The zero-order valence-electron chi connectivity index (χ0n) is 9.68. The van der Waals surface area contributed by atoms with Crippen molar-refractivity contribution in [3.05, 3.63) is 30.4 Å². The fourth-order valence-corrected chi connectivity index (χ4v) is 1.29. The second-order valence-electron chi connectivity index (χ2n) is 3.55. The molecule has 0 aliphatic rings. The van der Waals surface area contributed by atoms with Crippen molar-refractivity contribution in [2.45, 2.75) is 19.9 Å². The van der Waals surface area contributed by atoms with Gasteiger partial charge in [-0.3, -0.25) is 5.10 Å². The highest BCUT2D eigenvalue weighted by Crippen LogP contribution is 2.12. The summed E-state index contributed by atoms with van der Waals surface area (Å²) in [5, 5.41) is 9.80. The van der Waals surface area contributed by atoms with E-state index in [0.29, 0.717) is 19.0 Å². The fourth-order valence-electron chi connectivity index (χ4n) is 1.29. The lowest BCUT2D eigenvalue weighted by Gasteiger charge is -2.06. The molecule has 0 saturated carbocycles. The van der Waals surface area contributed by atoms with E-state index in [1.54, 1.807) is 12.3 Å². The van der Waals surface area contributed by atoms with Crippen LogP contribution in [0.2, 0.25) is 0 Å². The number of hydrogen-bond acceptors (Lipinski definition) is 5. The van der Waals surface area contributed by atoms with Gasteiger partial charge < -0.3 is 10.1 Å². The Labute approximate surface area is 99.4 Å². The Morgan fingerprint density at radius 3 is 3.12 bits per heavy atom. The average molecular weight is 233 g/mol. The standard InChI is InChI=1S/C11H15N5O/c1-2-3-17-11-4-10(13-8-14-11)12-5-9-6-15-16-7-9/h4,6-8H,2-3,5H2,1H3,(H,15,16)(H,12,13,14). The van der Waals surface area contributed by atoms with E-state index in [2.05, 4.69) is 32.4 Å². The summed E-state index contributed by atoms with van der Waals surface area (Å²) in [4.78, 5) is 8.14. The van der Waals surface area contributed by atoms with E-state index in [0.717, 1.165) is 17.8 Å². The molecule has 2 rings (SSSR count). The summed E-state index contributed by atoms with van der Waals surface area (Å²) in [6.07, 6.45) is 6.05. The number of aromatic amines is 1. The van der Waals surface area contributed by atoms with Crippen LogP contribution in [0, 0.1) is 0 Å². The maximum atomic E-state index is 5.42. The fraction of sp³-hybridized carbons (Fsp3) is 0.364. The van der Waals surface area contributed by atoms with Gasteiger partial charge in [-0.25, -0.2) is 9.97 Å². The molecule has 0 unspecified atom stereocenters. The number of H-pyrrole nitrogens is 1. The molecule has 2 aromatic rings. The Morgan fingerprint density at radius 1 is 1.41 bits per heavy atom. The summed E-state index contributed by atoms with van der Waals surface area (Å²) < 4.78 is 5.42. The predicted molar refractivity (Wildman–Crippen MR) is 63.7 cm³/mol. The molecule has 0 aliphatic carbocycles. The van der Waals surface area contributed by atoms with Crippen LogP contribution in [0.3, 0.4) is 0 Å². The van der Waals surface area contributed by atoms with Gasteiger partial charge >= 0.3 is 0 Å². The number of hydrogen-bond donors (Lipinski definition) is 2. The molecule has 2 heterocycles. The molecule has 0 amide bonds. The van der Waals surface area contributed by atoms with Crippen molar-refractivity contribution < 1.29 is 4.74 Å². The van der Waals surface area contributed by atoms with E-state index in [9.17, 15) is 0 Å². The van der Waals surface area contributed by atoms with Crippen LogP contribution >= 0.6 is 0 Å². The van der Waals surface area contributed by atoms with Crippen LogP contribution in [-0.2, 0) is 6.54 Å². The van der Waals surface area contributed by atoms with Crippen LogP contribution in [0.15, 0.2) is 24.8 Å². The highest BCUT2D eigenvalue weighted by molar-refractivity contribution is 5.37. The smallest absolute Gasteiger partial charge is 0.218 e. The molecule has 0 fully saturated rings. The number of aromatic nitrogens is 4. The Kier molecular flexibility index (Phi) is 3.90. The van der Waals surface area contributed by atoms with Gasteiger partial charge in [0.1, 0.15) is 12.1 Å². The van der Waals surface area contributed by atoms with Crippen molar-refractivity contribution in [1.82, 2.24) is 20.2 Å². The van der Waals surface area contributed by atoms with Gasteiger partial charge in [-0.05, 0) is 6.42 Å². The summed E-state index contributed by atoms with van der Waals surface area (Å²) in [5.74, 6) is 1.34. The second kappa shape index (κ2) is 5.83. The van der Waals surface area contributed by atoms with Crippen molar-refractivity contribution in [3.63, 3.8) is 0 Å². The Hall–Kier alpha value is -2.11. The van der Waals surface area contributed by atoms with Gasteiger partial charge in [-0.1, -0.05) is 6.92 Å². The van der Waals surface area contributed by atoms with E-state index < -0.39 is 0 Å². The van der Waals surface area contributed by atoms with Crippen molar-refractivity contribution in [2.75, 3.05) is 11.9 Å². The average Bonchev–Trinajstić information content (AvgIpc) is 2.87. The quantitative estimate of drug-likeness (QED) is 0.792. The normalized spacial score (nSPS) is 10.2. The number of ether oxygens (including phenoxy) is 1. The summed E-state index contributed by atoms with van der Waals surface area (Å²) in [7, 11) is 0. The van der Waals surface area contributed by atoms with Crippen LogP contribution in [0.1, 0.15) is 18.9 Å². The van der Waals surface area contributed by atoms with E-state index in [1.165, 1.54) is 6.33 Å². The van der Waals surface area contributed by atoms with E-state index in [-0.39, 0.29) is 0 Å². The van der Waals surface area contributed by atoms with Crippen LogP contribution in [0.4, 0.5) is 5.82 Å². The van der Waals surface area contributed by atoms with Crippen molar-refractivity contribution in [2.24, 2.45) is 0 Å². The monoisotopic (exact) mass is 233 g/mol. The lowest BCUT2D eigenvalue weighted by Crippen LogP contribution is -2.03. The number of nitrogens with one attached hydrogen (secondary N) is 2. The minimum Gasteiger partial charge on any atom is -0.478 e. The molecular formula is C11H15N5O. The molecule has 0 aliphatic heterocycles. The maximum absolute atomic E-state index is 5.42. The lowest BCUT2D eigenvalue weighted by atomic mass is 10.3. The topological polar surface area (TPSA) is 75.7 Å². The molecule has 0 radical (unpaired) electrons. The number of nitrogens with zero attached hydrogens (tertiary/aromatic N) is 3. The Balaban J connectivity index is 1.91. The molecule has 90 valence electrons. The van der Waals surface area contributed by atoms with Crippen molar-refractivity contribution in [3.8, 4) is 5.88 Å². The van der Waals surface area contributed by atoms with Gasteiger partial charge in [-0.15, -0.1) is 0 Å². The number of anilines is 1. The molecule has 2 aromatic heterocycles. The van der Waals surface area contributed by atoms with Crippen LogP contribution in [-0.4, -0.2) is 26.8 Å². The predicted octanol–water partition coefficient (Wildman–Crippen LogP) is 1.60. The molecule has 6 nitrogen and oxygen atoms in total. The minimum absolute atomic E-state index is 0.594. The SMILES string of the molecule is CCCOc1cc(NCc2cn[nH]c2)ncn1. The van der Waals surface area contributed by atoms with Gasteiger partial charge in [0.15, 0.2) is 0 Å². The van der Waals surface area contributed by atoms with Gasteiger partial charge in [0.25, 0.3) is 0 Å². The third kappa shape index (κ3) is 3.44. The minimum atomic E-state index is 0.594. The van der Waals surface area contributed by atoms with Crippen molar-refractivity contribution in [1.29, 1.82) is 0 Å². The van der Waals surface area contributed by atoms with E-state index in [1.807, 2.05) is 6.20 Å². The van der Waals surface area contributed by atoms with Gasteiger partial charge in [0.05, 0.1) is 12.8 Å². The molecule has 0 aromatic carbocycles. The van der Waals surface area contributed by atoms with E-state index in [4.69, 9.17) is 4.74 Å². The summed E-state index contributed by atoms with van der Waals surface area (Å²) in [6.45, 7) is 3.39. The van der Waals surface area contributed by atoms with Crippen molar-refractivity contribution >= 4 is 5.82 Å².